The Morgan fingerprint density at radius 3 is 2.39 bits per heavy atom. The highest BCUT2D eigenvalue weighted by Crippen LogP contribution is 2.28. The van der Waals surface area contributed by atoms with Crippen LogP contribution in [0.2, 0.25) is 0 Å². The molecule has 4 aromatic rings. The number of carbonyl (C=O) groups is 2. The number of carbonyl (C=O) groups excluding carboxylic acids is 2. The maximum Gasteiger partial charge on any atom is 0.257 e. The van der Waals surface area contributed by atoms with E-state index in [9.17, 15) is 9.59 Å². The van der Waals surface area contributed by atoms with Gasteiger partial charge in [-0.1, -0.05) is 32.9 Å². The normalized spacial score (nSPS) is 11.4. The topological polar surface area (TPSA) is 109 Å². The molecule has 9 nitrogen and oxygen atoms in total. The largest absolute Gasteiger partial charge is 0.322 e. The predicted molar refractivity (Wildman–Crippen MR) is 143 cm³/mol. The minimum absolute atomic E-state index is 0.0374. The van der Waals surface area contributed by atoms with Crippen LogP contribution in [0.25, 0.3) is 10.9 Å². The van der Waals surface area contributed by atoms with E-state index in [1.165, 1.54) is 7.11 Å². The second kappa shape index (κ2) is 10.4. The number of amides is 2. The number of hydrogen-bond acceptors (Lipinski definition) is 7. The van der Waals surface area contributed by atoms with E-state index in [1.54, 1.807) is 48.7 Å². The van der Waals surface area contributed by atoms with Gasteiger partial charge in [0.2, 0.25) is 0 Å². The molecule has 0 aliphatic carbocycles. The van der Waals surface area contributed by atoms with Gasteiger partial charge in [-0.15, -0.1) is 5.23 Å². The van der Waals surface area contributed by atoms with Gasteiger partial charge in [0.1, 0.15) is 0 Å². The van der Waals surface area contributed by atoms with Crippen LogP contribution in [0.5, 0.6) is 0 Å². The van der Waals surface area contributed by atoms with Crippen molar-refractivity contribution in [1.29, 1.82) is 0 Å². The Kier molecular flexibility index (Phi) is 7.30. The predicted octanol–water partition coefficient (Wildman–Crippen LogP) is 5.51. The van der Waals surface area contributed by atoms with Crippen LogP contribution in [-0.4, -0.2) is 29.1 Å². The first-order valence-electron chi connectivity index (χ1n) is 11.2. The Balaban J connectivity index is 1.63. The molecule has 0 fully saturated rings. The fourth-order valence-electron chi connectivity index (χ4n) is 3.66. The van der Waals surface area contributed by atoms with Gasteiger partial charge >= 0.3 is 0 Å². The monoisotopic (exact) mass is 505 g/mol. The molecule has 0 atom stereocenters. The fraction of sp³-hybridized carbons (Fsp3) is 0.192. The molecule has 3 N–H and O–H groups in total. The van der Waals surface area contributed by atoms with Crippen LogP contribution >= 0.6 is 12.9 Å². The highest BCUT2D eigenvalue weighted by Gasteiger charge is 2.19. The van der Waals surface area contributed by atoms with Gasteiger partial charge in [-0.25, -0.2) is 0 Å². The number of anilines is 3. The van der Waals surface area contributed by atoms with Gasteiger partial charge in [0.25, 0.3) is 11.8 Å². The van der Waals surface area contributed by atoms with Crippen molar-refractivity contribution < 1.29 is 18.7 Å². The number of rotatable bonds is 7. The number of aromatic amines is 1. The average molecular weight is 506 g/mol. The van der Waals surface area contributed by atoms with Crippen molar-refractivity contribution in [3.8, 4) is 0 Å². The molecule has 10 heteroatoms. The highest BCUT2D eigenvalue weighted by atomic mass is 32.1. The molecule has 36 heavy (non-hydrogen) atoms. The first-order valence-corrected chi connectivity index (χ1v) is 11.5. The number of fused-ring (bicyclic) bond motifs is 1. The molecular weight excluding hydrogens is 478 g/mol. The van der Waals surface area contributed by atoms with E-state index in [-0.39, 0.29) is 22.6 Å². The van der Waals surface area contributed by atoms with E-state index < -0.39 is 5.91 Å². The van der Waals surface area contributed by atoms with Crippen molar-refractivity contribution in [2.45, 2.75) is 26.2 Å². The number of thiol groups is 1. The molecule has 4 rings (SSSR count). The van der Waals surface area contributed by atoms with Crippen LogP contribution in [0, 0.1) is 0 Å². The van der Waals surface area contributed by atoms with Gasteiger partial charge in [-0.2, -0.15) is 9.38 Å². The average Bonchev–Trinajstić information content (AvgIpc) is 3.32. The summed E-state index contributed by atoms with van der Waals surface area (Å²) in [5.41, 5.74) is 3.83. The van der Waals surface area contributed by atoms with Gasteiger partial charge in [-0.05, 0) is 59.5 Å². The number of aromatic nitrogens is 2. The molecule has 1 aromatic heterocycles. The fourth-order valence-corrected chi connectivity index (χ4v) is 3.82. The second-order valence-corrected chi connectivity index (χ2v) is 9.32. The van der Waals surface area contributed by atoms with Gasteiger partial charge in [0.15, 0.2) is 0 Å². The summed E-state index contributed by atoms with van der Waals surface area (Å²) >= 11 is 3.78. The first-order chi connectivity index (χ1) is 17.2. The van der Waals surface area contributed by atoms with Crippen molar-refractivity contribution >= 4 is 52.7 Å². The SMILES string of the molecule is CON(OS)c1ccc(C(=O)Nc2ccc3cn[nH]c3c2)c(NC(=O)c2ccc(C(C)(C)C)cc2)c1. The third kappa shape index (κ3) is 5.51. The van der Waals surface area contributed by atoms with Crippen molar-refractivity contribution in [2.75, 3.05) is 23.0 Å². The van der Waals surface area contributed by atoms with Crippen LogP contribution in [-0.2, 0) is 14.5 Å². The van der Waals surface area contributed by atoms with E-state index in [1.807, 2.05) is 18.2 Å². The van der Waals surface area contributed by atoms with Gasteiger partial charge < -0.3 is 10.6 Å². The van der Waals surface area contributed by atoms with Gasteiger partial charge in [0.05, 0.1) is 35.8 Å². The Morgan fingerprint density at radius 2 is 1.72 bits per heavy atom. The Morgan fingerprint density at radius 1 is 0.972 bits per heavy atom. The Labute approximate surface area is 214 Å². The molecule has 0 spiro atoms. The van der Waals surface area contributed by atoms with Crippen molar-refractivity contribution in [2.24, 2.45) is 0 Å². The smallest absolute Gasteiger partial charge is 0.257 e. The zero-order chi connectivity index (χ0) is 25.9. The molecule has 3 aromatic carbocycles. The maximum absolute atomic E-state index is 13.2. The first kappa shape index (κ1) is 25.2. The lowest BCUT2D eigenvalue weighted by Crippen LogP contribution is -2.21. The summed E-state index contributed by atoms with van der Waals surface area (Å²) in [6, 6.07) is 17.5. The summed E-state index contributed by atoms with van der Waals surface area (Å²) in [4.78, 5) is 31.4. The van der Waals surface area contributed by atoms with Crippen molar-refractivity contribution in [3.05, 3.63) is 83.6 Å². The lowest BCUT2D eigenvalue weighted by atomic mass is 9.86. The van der Waals surface area contributed by atoms with E-state index in [4.69, 9.17) is 9.12 Å². The zero-order valence-corrected chi connectivity index (χ0v) is 21.2. The summed E-state index contributed by atoms with van der Waals surface area (Å²) in [6.45, 7) is 6.31. The number of nitrogens with zero attached hydrogens (tertiary/aromatic N) is 2. The van der Waals surface area contributed by atoms with Crippen LogP contribution in [0.4, 0.5) is 17.1 Å². The molecular formula is C26H27N5O4S. The van der Waals surface area contributed by atoms with E-state index >= 15 is 0 Å². The van der Waals surface area contributed by atoms with Crippen LogP contribution in [0.3, 0.4) is 0 Å². The van der Waals surface area contributed by atoms with Crippen LogP contribution < -0.4 is 15.9 Å². The summed E-state index contributed by atoms with van der Waals surface area (Å²) in [5.74, 6) is -0.772. The molecule has 0 bridgehead atoms. The number of H-pyrrole nitrogens is 1. The number of benzene rings is 3. The molecule has 0 saturated carbocycles. The third-order valence-corrected chi connectivity index (χ3v) is 5.81. The molecule has 0 radical (unpaired) electrons. The van der Waals surface area contributed by atoms with Crippen molar-refractivity contribution in [1.82, 2.24) is 10.2 Å². The standard InChI is InChI=1S/C26H27N5O4S/c1-26(2,3)18-8-5-16(6-9-18)24(32)29-23-14-20(31(34-4)35-36)11-12-21(23)25(33)28-19-10-7-17-15-27-30-22(17)13-19/h5-15,36H,1-4H3,(H,27,30)(H,28,33)(H,29,32). The van der Waals surface area contributed by atoms with Gasteiger partial charge in [0, 0.05) is 29.5 Å². The van der Waals surface area contributed by atoms with E-state index in [0.717, 1.165) is 21.7 Å². The number of hydrogen-bond donors (Lipinski definition) is 4. The van der Waals surface area contributed by atoms with Crippen LogP contribution in [0.1, 0.15) is 47.1 Å². The van der Waals surface area contributed by atoms with E-state index in [2.05, 4.69) is 54.5 Å². The Bertz CT molecular complexity index is 1390. The minimum atomic E-state index is -0.408. The summed E-state index contributed by atoms with van der Waals surface area (Å²) in [7, 11) is 1.40. The number of nitrogens with one attached hydrogen (secondary N) is 3. The zero-order valence-electron chi connectivity index (χ0n) is 20.3. The maximum atomic E-state index is 13.2. The summed E-state index contributed by atoms with van der Waals surface area (Å²) in [6.07, 6.45) is 1.70. The molecule has 2 amide bonds. The molecule has 0 saturated heterocycles. The lowest BCUT2D eigenvalue weighted by Gasteiger charge is -2.20. The molecule has 0 unspecified atom stereocenters. The minimum Gasteiger partial charge on any atom is -0.322 e. The van der Waals surface area contributed by atoms with Crippen molar-refractivity contribution in [3.63, 3.8) is 0 Å². The van der Waals surface area contributed by atoms with Crippen LogP contribution in [0.15, 0.2) is 66.9 Å². The van der Waals surface area contributed by atoms with Gasteiger partial charge in [-0.3, -0.25) is 19.5 Å². The van der Waals surface area contributed by atoms with E-state index in [0.29, 0.717) is 16.9 Å². The molecule has 186 valence electrons. The Hall–Kier alpha value is -3.86. The quantitative estimate of drug-likeness (QED) is 0.150. The summed E-state index contributed by atoms with van der Waals surface area (Å²) in [5, 5.41) is 14.5. The highest BCUT2D eigenvalue weighted by molar-refractivity contribution is 7.75. The third-order valence-electron chi connectivity index (χ3n) is 5.66. The second-order valence-electron chi connectivity index (χ2n) is 9.16. The molecule has 0 aliphatic rings. The molecule has 0 aliphatic heterocycles. The lowest BCUT2D eigenvalue weighted by molar-refractivity contribution is 0.0252. The summed E-state index contributed by atoms with van der Waals surface area (Å²) < 4.78 is 4.89. The molecule has 1 heterocycles.